The first-order valence-corrected chi connectivity index (χ1v) is 10.6. The number of ether oxygens (including phenoxy) is 3. The van der Waals surface area contributed by atoms with Crippen LogP contribution in [0.1, 0.15) is 24.1 Å². The van der Waals surface area contributed by atoms with Crippen LogP contribution in [0.2, 0.25) is 0 Å². The molecule has 15 heteroatoms. The van der Waals surface area contributed by atoms with E-state index in [0.717, 1.165) is 23.0 Å². The Morgan fingerprint density at radius 1 is 0.889 bits per heavy atom. The average Bonchev–Trinajstić information content (AvgIpc) is 3.28. The number of halogens is 6. The van der Waals surface area contributed by atoms with E-state index in [4.69, 9.17) is 14.2 Å². The minimum Gasteiger partial charge on any atom is -0.481 e. The lowest BCUT2D eigenvalue weighted by Gasteiger charge is -2.32. The van der Waals surface area contributed by atoms with Crippen LogP contribution < -0.4 is 19.1 Å². The Kier molecular flexibility index (Phi) is 6.82. The summed E-state index contributed by atoms with van der Waals surface area (Å²) in [5.74, 6) is -0.0250. The highest BCUT2D eigenvalue weighted by molar-refractivity contribution is 5.40. The third-order valence-electron chi connectivity index (χ3n) is 5.37. The fourth-order valence-corrected chi connectivity index (χ4v) is 3.54. The molecule has 194 valence electrons. The van der Waals surface area contributed by atoms with Crippen molar-refractivity contribution in [2.75, 3.05) is 32.2 Å². The summed E-state index contributed by atoms with van der Waals surface area (Å²) in [6, 6.07) is 4.33. The molecule has 0 spiro atoms. The van der Waals surface area contributed by atoms with Gasteiger partial charge in [-0.05, 0) is 12.1 Å². The maximum atomic E-state index is 13.4. The lowest BCUT2D eigenvalue weighted by atomic mass is 10.1. The minimum absolute atomic E-state index is 0.0456. The fourth-order valence-electron chi connectivity index (χ4n) is 3.54. The number of hydrogen-bond donors (Lipinski definition) is 0. The van der Waals surface area contributed by atoms with E-state index >= 15 is 0 Å². The number of pyridine rings is 1. The van der Waals surface area contributed by atoms with Gasteiger partial charge in [-0.25, -0.2) is 4.98 Å². The fraction of sp³-hybridized carbons (Fsp3) is 0.429. The number of aromatic nitrogens is 5. The van der Waals surface area contributed by atoms with Crippen molar-refractivity contribution in [1.82, 2.24) is 24.7 Å². The first-order valence-electron chi connectivity index (χ1n) is 10.6. The Bertz CT molecular complexity index is 1170. The summed E-state index contributed by atoms with van der Waals surface area (Å²) >= 11 is 0. The molecule has 0 aliphatic carbocycles. The molecule has 0 saturated carbocycles. The molecule has 9 nitrogen and oxygen atoms in total. The number of hydrogen-bond acceptors (Lipinski definition) is 8. The average molecular weight is 518 g/mol. The Hall–Kier alpha value is -3.78. The van der Waals surface area contributed by atoms with Crippen molar-refractivity contribution in [2.24, 2.45) is 0 Å². The van der Waals surface area contributed by atoms with Gasteiger partial charge in [0.05, 0.1) is 25.8 Å². The van der Waals surface area contributed by atoms with Crippen molar-refractivity contribution in [3.8, 4) is 23.6 Å². The first-order chi connectivity index (χ1) is 17.0. The van der Waals surface area contributed by atoms with Gasteiger partial charge in [0.2, 0.25) is 17.6 Å². The third-order valence-corrected chi connectivity index (χ3v) is 5.37. The van der Waals surface area contributed by atoms with Crippen LogP contribution in [0.15, 0.2) is 30.5 Å². The predicted octanol–water partition coefficient (Wildman–Crippen LogP) is 4.16. The maximum Gasteiger partial charge on any atom is 0.435 e. The number of piperidine rings is 1. The zero-order valence-corrected chi connectivity index (χ0v) is 19.0. The van der Waals surface area contributed by atoms with Gasteiger partial charge in [0.15, 0.2) is 5.69 Å². The molecule has 0 radical (unpaired) electrons. The van der Waals surface area contributed by atoms with E-state index in [1.54, 1.807) is 4.90 Å². The van der Waals surface area contributed by atoms with Crippen LogP contribution >= 0.6 is 0 Å². The van der Waals surface area contributed by atoms with Crippen molar-refractivity contribution >= 4 is 5.82 Å². The van der Waals surface area contributed by atoms with Gasteiger partial charge in [-0.15, -0.1) is 0 Å². The van der Waals surface area contributed by atoms with Gasteiger partial charge in [-0.3, -0.25) is 0 Å². The molecule has 3 aromatic heterocycles. The highest BCUT2D eigenvalue weighted by Gasteiger charge is 2.37. The van der Waals surface area contributed by atoms with Crippen LogP contribution in [0.25, 0.3) is 5.95 Å². The normalized spacial score (nSPS) is 15.2. The molecule has 36 heavy (non-hydrogen) atoms. The standard InChI is InChI=1S/C21H20F6N6O3/c1-34-16-10-17(35-2)30-19(29-16)33-18(9-14(31-33)21(25,26)27)36-13-5-7-32(8-6-13)15-4-3-12(11-28-15)20(22,23)24/h3-4,9-11,13H,5-8H2,1-2H3. The molecular formula is C21H20F6N6O3. The summed E-state index contributed by atoms with van der Waals surface area (Å²) in [5, 5.41) is 3.58. The second-order valence-electron chi connectivity index (χ2n) is 7.74. The maximum absolute atomic E-state index is 13.4. The van der Waals surface area contributed by atoms with Crippen molar-refractivity contribution in [3.63, 3.8) is 0 Å². The number of alkyl halides is 6. The molecule has 0 N–H and O–H groups in total. The predicted molar refractivity (Wildman–Crippen MR) is 112 cm³/mol. The summed E-state index contributed by atoms with van der Waals surface area (Å²) in [6.07, 6.45) is -8.22. The highest BCUT2D eigenvalue weighted by atomic mass is 19.4. The van der Waals surface area contributed by atoms with Crippen LogP contribution in [0, 0.1) is 0 Å². The van der Waals surface area contributed by atoms with E-state index < -0.39 is 29.7 Å². The van der Waals surface area contributed by atoms with Gasteiger partial charge in [-0.1, -0.05) is 0 Å². The van der Waals surface area contributed by atoms with E-state index in [1.807, 2.05) is 0 Å². The molecule has 0 unspecified atom stereocenters. The van der Waals surface area contributed by atoms with Crippen molar-refractivity contribution < 1.29 is 40.6 Å². The quantitative estimate of drug-likeness (QED) is 0.450. The van der Waals surface area contributed by atoms with E-state index in [0.29, 0.717) is 31.7 Å². The molecule has 1 aliphatic rings. The Labute approximate surface area is 200 Å². The molecule has 0 amide bonds. The molecule has 1 fully saturated rings. The summed E-state index contributed by atoms with van der Waals surface area (Å²) in [4.78, 5) is 13.7. The lowest BCUT2D eigenvalue weighted by molar-refractivity contribution is -0.141. The first kappa shape index (κ1) is 25.3. The Morgan fingerprint density at radius 3 is 2.03 bits per heavy atom. The molecule has 4 heterocycles. The SMILES string of the molecule is COc1cc(OC)nc(-n2nc(C(F)(F)F)cc2OC2CCN(c3ccc(C(F)(F)F)cn3)CC2)n1. The monoisotopic (exact) mass is 518 g/mol. The summed E-state index contributed by atoms with van der Waals surface area (Å²) in [7, 11) is 2.65. The van der Waals surface area contributed by atoms with Crippen molar-refractivity contribution in [2.45, 2.75) is 31.3 Å². The van der Waals surface area contributed by atoms with Crippen LogP contribution in [-0.4, -0.2) is 58.1 Å². The second-order valence-corrected chi connectivity index (χ2v) is 7.74. The van der Waals surface area contributed by atoms with Crippen LogP contribution in [0.3, 0.4) is 0 Å². The minimum atomic E-state index is -4.75. The zero-order valence-electron chi connectivity index (χ0n) is 19.0. The zero-order chi connectivity index (χ0) is 26.1. The Balaban J connectivity index is 1.52. The lowest BCUT2D eigenvalue weighted by Crippen LogP contribution is -2.39. The topological polar surface area (TPSA) is 87.4 Å². The van der Waals surface area contributed by atoms with Crippen LogP contribution in [-0.2, 0) is 12.4 Å². The third kappa shape index (κ3) is 5.54. The molecule has 0 bridgehead atoms. The molecule has 0 aromatic carbocycles. The largest absolute Gasteiger partial charge is 0.481 e. The van der Waals surface area contributed by atoms with Crippen LogP contribution in [0.5, 0.6) is 17.6 Å². The molecule has 4 rings (SSSR count). The second kappa shape index (κ2) is 9.70. The smallest absolute Gasteiger partial charge is 0.435 e. The molecular weight excluding hydrogens is 498 g/mol. The summed E-state index contributed by atoms with van der Waals surface area (Å²) < 4.78 is 95.3. The van der Waals surface area contributed by atoms with Gasteiger partial charge in [0, 0.05) is 38.2 Å². The van der Waals surface area contributed by atoms with Crippen LogP contribution in [0.4, 0.5) is 32.2 Å². The van der Waals surface area contributed by atoms with E-state index in [1.165, 1.54) is 26.4 Å². The van der Waals surface area contributed by atoms with E-state index in [2.05, 4.69) is 20.1 Å². The molecule has 0 atom stereocenters. The van der Waals surface area contributed by atoms with Gasteiger partial charge >= 0.3 is 12.4 Å². The number of methoxy groups -OCH3 is 2. The van der Waals surface area contributed by atoms with Gasteiger partial charge in [-0.2, -0.15) is 46.1 Å². The number of rotatable bonds is 6. The van der Waals surface area contributed by atoms with Gasteiger partial charge < -0.3 is 19.1 Å². The summed E-state index contributed by atoms with van der Waals surface area (Å²) in [5.41, 5.74) is -2.05. The molecule has 3 aromatic rings. The van der Waals surface area contributed by atoms with Crippen molar-refractivity contribution in [1.29, 1.82) is 0 Å². The van der Waals surface area contributed by atoms with Crippen molar-refractivity contribution in [3.05, 3.63) is 41.7 Å². The highest BCUT2D eigenvalue weighted by Crippen LogP contribution is 2.34. The van der Waals surface area contributed by atoms with E-state index in [9.17, 15) is 26.3 Å². The van der Waals surface area contributed by atoms with Gasteiger partial charge in [0.1, 0.15) is 11.9 Å². The summed E-state index contributed by atoms with van der Waals surface area (Å²) in [6.45, 7) is 0.736. The number of anilines is 1. The molecule has 1 saturated heterocycles. The van der Waals surface area contributed by atoms with E-state index in [-0.39, 0.29) is 23.6 Å². The van der Waals surface area contributed by atoms with Gasteiger partial charge in [0.25, 0.3) is 5.95 Å². The number of nitrogens with zero attached hydrogens (tertiary/aromatic N) is 6. The Morgan fingerprint density at radius 2 is 1.53 bits per heavy atom. The molecule has 1 aliphatic heterocycles.